The van der Waals surface area contributed by atoms with Crippen molar-refractivity contribution in [3.63, 3.8) is 0 Å². The van der Waals surface area contributed by atoms with Gasteiger partial charge in [0.2, 0.25) is 5.88 Å². The van der Waals surface area contributed by atoms with Gasteiger partial charge in [0.1, 0.15) is 0 Å². The molecule has 0 aliphatic rings. The van der Waals surface area contributed by atoms with Gasteiger partial charge in [-0.25, -0.2) is 4.98 Å². The Balaban J connectivity index is 2.82. The monoisotopic (exact) mass is 190 g/mol. The fourth-order valence-corrected chi connectivity index (χ4v) is 1.08. The van der Waals surface area contributed by atoms with Crippen LogP contribution in [0.2, 0.25) is 0 Å². The van der Waals surface area contributed by atoms with Crippen LogP contribution in [0.4, 0.5) is 0 Å². The van der Waals surface area contributed by atoms with E-state index in [-0.39, 0.29) is 0 Å². The average molecular weight is 190 g/mol. The van der Waals surface area contributed by atoms with Crippen LogP contribution < -0.4 is 10.1 Å². The van der Waals surface area contributed by atoms with Crippen LogP contribution in [0.1, 0.15) is 11.1 Å². The van der Waals surface area contributed by atoms with E-state index in [1.807, 2.05) is 20.0 Å². The van der Waals surface area contributed by atoms with E-state index < -0.39 is 0 Å². The van der Waals surface area contributed by atoms with Crippen LogP contribution in [0.15, 0.2) is 12.3 Å². The van der Waals surface area contributed by atoms with E-state index in [0.717, 1.165) is 11.1 Å². The molecule has 0 atom stereocenters. The molecule has 0 aromatic carbocycles. The number of aromatic nitrogens is 1. The molecule has 1 rings (SSSR count). The molecule has 0 amide bonds. The van der Waals surface area contributed by atoms with E-state index in [0.29, 0.717) is 12.4 Å². The first-order chi connectivity index (χ1) is 6.77. The van der Waals surface area contributed by atoms with Crippen LogP contribution in [0, 0.1) is 18.8 Å². The zero-order chi connectivity index (χ0) is 10.4. The van der Waals surface area contributed by atoms with Gasteiger partial charge in [-0.2, -0.15) is 0 Å². The fourth-order valence-electron chi connectivity index (χ4n) is 1.08. The molecule has 0 bridgehead atoms. The number of rotatable bonds is 2. The summed E-state index contributed by atoms with van der Waals surface area (Å²) in [6.45, 7) is 2.64. The second-order valence-corrected chi connectivity index (χ2v) is 2.88. The maximum atomic E-state index is 5.05. The summed E-state index contributed by atoms with van der Waals surface area (Å²) in [7, 11) is 3.48. The van der Waals surface area contributed by atoms with Crippen LogP contribution in [0.3, 0.4) is 0 Å². The van der Waals surface area contributed by atoms with E-state index in [9.17, 15) is 0 Å². The molecule has 3 heteroatoms. The molecule has 1 aromatic rings. The standard InChI is InChI=1S/C11H14N2O/c1-9-7-10(5-4-6-12-2)8-13-11(9)14-3/h7-8,12H,6H2,1-3H3. The van der Waals surface area contributed by atoms with Gasteiger partial charge < -0.3 is 10.1 Å². The van der Waals surface area contributed by atoms with Crippen LogP contribution in [0.5, 0.6) is 5.88 Å². The van der Waals surface area contributed by atoms with Crippen molar-refractivity contribution in [3.8, 4) is 17.7 Å². The number of hydrogen-bond donors (Lipinski definition) is 1. The molecule has 14 heavy (non-hydrogen) atoms. The van der Waals surface area contributed by atoms with Crippen molar-refractivity contribution in [1.29, 1.82) is 0 Å². The molecule has 0 saturated carbocycles. The molecule has 0 radical (unpaired) electrons. The second-order valence-electron chi connectivity index (χ2n) is 2.88. The summed E-state index contributed by atoms with van der Waals surface area (Å²) in [6, 6.07) is 1.97. The van der Waals surface area contributed by atoms with Crippen molar-refractivity contribution in [3.05, 3.63) is 23.4 Å². The molecule has 1 N–H and O–H groups in total. The summed E-state index contributed by atoms with van der Waals surface area (Å²) in [6.07, 6.45) is 1.72. The maximum absolute atomic E-state index is 5.05. The van der Waals surface area contributed by atoms with Gasteiger partial charge in [0.05, 0.1) is 13.7 Å². The summed E-state index contributed by atoms with van der Waals surface area (Å²) >= 11 is 0. The summed E-state index contributed by atoms with van der Waals surface area (Å²) in [5, 5.41) is 2.96. The molecule has 1 aromatic heterocycles. The lowest BCUT2D eigenvalue weighted by Gasteiger charge is -2.01. The molecule has 0 spiro atoms. The molecular weight excluding hydrogens is 176 g/mol. The number of methoxy groups -OCH3 is 1. The minimum Gasteiger partial charge on any atom is -0.481 e. The van der Waals surface area contributed by atoms with E-state index in [4.69, 9.17) is 4.74 Å². The number of ether oxygens (including phenoxy) is 1. The minimum atomic E-state index is 0.657. The first-order valence-electron chi connectivity index (χ1n) is 4.42. The quantitative estimate of drug-likeness (QED) is 0.706. The number of nitrogens with one attached hydrogen (secondary N) is 1. The maximum Gasteiger partial charge on any atom is 0.215 e. The Bertz CT molecular complexity index is 363. The van der Waals surface area contributed by atoms with Gasteiger partial charge in [0.15, 0.2) is 0 Å². The smallest absolute Gasteiger partial charge is 0.215 e. The predicted octanol–water partition coefficient (Wildman–Crippen LogP) is 0.970. The number of nitrogens with zero attached hydrogens (tertiary/aromatic N) is 1. The number of pyridine rings is 1. The van der Waals surface area contributed by atoms with E-state index in [1.165, 1.54) is 0 Å². The van der Waals surface area contributed by atoms with E-state index in [2.05, 4.69) is 22.1 Å². The van der Waals surface area contributed by atoms with Gasteiger partial charge in [-0.3, -0.25) is 0 Å². The summed E-state index contributed by atoms with van der Waals surface area (Å²) in [4.78, 5) is 4.13. The van der Waals surface area contributed by atoms with E-state index >= 15 is 0 Å². The number of hydrogen-bond acceptors (Lipinski definition) is 3. The predicted molar refractivity (Wildman–Crippen MR) is 56.3 cm³/mol. The normalized spacial score (nSPS) is 9.07. The van der Waals surface area contributed by atoms with Gasteiger partial charge in [0.25, 0.3) is 0 Å². The molecule has 0 unspecified atom stereocenters. The number of aryl methyl sites for hydroxylation is 1. The van der Waals surface area contributed by atoms with Gasteiger partial charge in [-0.15, -0.1) is 0 Å². The molecule has 0 aliphatic carbocycles. The highest BCUT2D eigenvalue weighted by atomic mass is 16.5. The van der Waals surface area contributed by atoms with Crippen LogP contribution in [0.25, 0.3) is 0 Å². The average Bonchev–Trinajstić information content (AvgIpc) is 2.18. The van der Waals surface area contributed by atoms with Crippen LogP contribution in [-0.4, -0.2) is 25.7 Å². The Morgan fingerprint density at radius 3 is 2.93 bits per heavy atom. The zero-order valence-electron chi connectivity index (χ0n) is 8.72. The fraction of sp³-hybridized carbons (Fsp3) is 0.364. The summed E-state index contributed by atoms with van der Waals surface area (Å²) < 4.78 is 5.05. The Morgan fingerprint density at radius 2 is 2.36 bits per heavy atom. The van der Waals surface area contributed by atoms with Crippen molar-refractivity contribution in [1.82, 2.24) is 10.3 Å². The Hall–Kier alpha value is -1.53. The Morgan fingerprint density at radius 1 is 1.57 bits per heavy atom. The van der Waals surface area contributed by atoms with Crippen LogP contribution >= 0.6 is 0 Å². The molecular formula is C11H14N2O. The SMILES string of the molecule is CNCC#Cc1cnc(OC)c(C)c1. The highest BCUT2D eigenvalue weighted by Crippen LogP contribution is 2.13. The van der Waals surface area contributed by atoms with Crippen LogP contribution in [-0.2, 0) is 0 Å². The summed E-state index contributed by atoms with van der Waals surface area (Å²) in [5.74, 6) is 6.64. The van der Waals surface area contributed by atoms with Gasteiger partial charge in [-0.1, -0.05) is 11.8 Å². The largest absolute Gasteiger partial charge is 0.481 e. The molecule has 3 nitrogen and oxygen atoms in total. The first kappa shape index (κ1) is 10.6. The third kappa shape index (κ3) is 2.75. The first-order valence-corrected chi connectivity index (χ1v) is 4.42. The highest BCUT2D eigenvalue weighted by molar-refractivity contribution is 5.38. The molecule has 0 fully saturated rings. The highest BCUT2D eigenvalue weighted by Gasteiger charge is 1.98. The van der Waals surface area contributed by atoms with Crippen molar-refractivity contribution in [2.24, 2.45) is 0 Å². The third-order valence-electron chi connectivity index (χ3n) is 1.72. The van der Waals surface area contributed by atoms with Gasteiger partial charge >= 0.3 is 0 Å². The van der Waals surface area contributed by atoms with Gasteiger partial charge in [-0.05, 0) is 20.0 Å². The lowest BCUT2D eigenvalue weighted by atomic mass is 10.2. The Labute approximate surface area is 84.5 Å². The lowest BCUT2D eigenvalue weighted by Crippen LogP contribution is -2.04. The van der Waals surface area contributed by atoms with Crippen molar-refractivity contribution in [2.75, 3.05) is 20.7 Å². The van der Waals surface area contributed by atoms with Crippen molar-refractivity contribution >= 4 is 0 Å². The summed E-state index contributed by atoms with van der Waals surface area (Å²) in [5.41, 5.74) is 1.92. The zero-order valence-corrected chi connectivity index (χ0v) is 8.72. The molecule has 1 heterocycles. The molecule has 0 saturated heterocycles. The lowest BCUT2D eigenvalue weighted by molar-refractivity contribution is 0.394. The topological polar surface area (TPSA) is 34.2 Å². The minimum absolute atomic E-state index is 0.657. The van der Waals surface area contributed by atoms with Gasteiger partial charge in [0, 0.05) is 17.3 Å². The third-order valence-corrected chi connectivity index (χ3v) is 1.72. The van der Waals surface area contributed by atoms with Crippen molar-refractivity contribution in [2.45, 2.75) is 6.92 Å². The van der Waals surface area contributed by atoms with E-state index in [1.54, 1.807) is 13.3 Å². The Kier molecular flexibility index (Phi) is 3.96. The molecule has 74 valence electrons. The van der Waals surface area contributed by atoms with Crippen molar-refractivity contribution < 1.29 is 4.74 Å². The molecule has 0 aliphatic heterocycles. The second kappa shape index (κ2) is 5.25.